The Bertz CT molecular complexity index is 547. The summed E-state index contributed by atoms with van der Waals surface area (Å²) in [5.74, 6) is 1.45. The van der Waals surface area contributed by atoms with Crippen molar-refractivity contribution in [1.29, 1.82) is 0 Å². The molecule has 1 aliphatic carbocycles. The molecular formula is C16H20N2O. The highest BCUT2D eigenvalue weighted by molar-refractivity contribution is 5.33. The summed E-state index contributed by atoms with van der Waals surface area (Å²) in [6.07, 6.45) is 6.33. The molecule has 0 fully saturated rings. The van der Waals surface area contributed by atoms with Gasteiger partial charge in [0.25, 0.3) is 0 Å². The molecule has 1 atom stereocenters. The Kier molecular flexibility index (Phi) is 3.53. The molecule has 0 bridgehead atoms. The molecule has 3 rings (SSSR count). The van der Waals surface area contributed by atoms with E-state index in [1.165, 1.54) is 29.8 Å². The van der Waals surface area contributed by atoms with Crippen LogP contribution >= 0.6 is 0 Å². The molecule has 1 heterocycles. The van der Waals surface area contributed by atoms with E-state index in [1.54, 1.807) is 0 Å². The molecule has 100 valence electrons. The number of fused-ring (bicyclic) bond motifs is 1. The lowest BCUT2D eigenvalue weighted by Crippen LogP contribution is -2.17. The second kappa shape index (κ2) is 5.47. The number of nitrogens with one attached hydrogen (secondary N) is 1. The highest BCUT2D eigenvalue weighted by Crippen LogP contribution is 2.30. The number of hydrogen-bond donors (Lipinski definition) is 1. The molecule has 1 unspecified atom stereocenters. The summed E-state index contributed by atoms with van der Waals surface area (Å²) in [5, 5.41) is 0. The zero-order chi connectivity index (χ0) is 13.1. The van der Waals surface area contributed by atoms with Crippen molar-refractivity contribution >= 4 is 0 Å². The Hall–Kier alpha value is -1.77. The van der Waals surface area contributed by atoms with E-state index < -0.39 is 0 Å². The number of H-pyrrole nitrogens is 1. The van der Waals surface area contributed by atoms with Crippen molar-refractivity contribution in [2.24, 2.45) is 0 Å². The predicted molar refractivity (Wildman–Crippen MR) is 75.6 cm³/mol. The summed E-state index contributed by atoms with van der Waals surface area (Å²) >= 11 is 0. The highest BCUT2D eigenvalue weighted by atomic mass is 16.5. The fourth-order valence-corrected chi connectivity index (χ4v) is 2.83. The number of hydrogen-bond acceptors (Lipinski definition) is 2. The minimum atomic E-state index is 0.430. The van der Waals surface area contributed by atoms with Crippen molar-refractivity contribution in [3.8, 4) is 5.75 Å². The van der Waals surface area contributed by atoms with Gasteiger partial charge in [0.05, 0.1) is 18.6 Å². The van der Waals surface area contributed by atoms with E-state index in [1.807, 2.05) is 12.4 Å². The van der Waals surface area contributed by atoms with Crippen LogP contribution in [-0.2, 0) is 12.8 Å². The van der Waals surface area contributed by atoms with E-state index in [-0.39, 0.29) is 0 Å². The van der Waals surface area contributed by atoms with Crippen LogP contribution in [0.2, 0.25) is 0 Å². The fraction of sp³-hybridized carbons (Fsp3) is 0.438. The molecule has 0 spiro atoms. The van der Waals surface area contributed by atoms with Crippen LogP contribution in [0.5, 0.6) is 5.75 Å². The molecule has 0 aliphatic heterocycles. The van der Waals surface area contributed by atoms with Gasteiger partial charge in [0.15, 0.2) is 0 Å². The quantitative estimate of drug-likeness (QED) is 0.909. The molecule has 2 aromatic rings. The van der Waals surface area contributed by atoms with Crippen LogP contribution < -0.4 is 4.74 Å². The van der Waals surface area contributed by atoms with E-state index in [2.05, 4.69) is 35.1 Å². The lowest BCUT2D eigenvalue weighted by Gasteiger charge is -2.22. The van der Waals surface area contributed by atoms with Crippen molar-refractivity contribution < 1.29 is 4.74 Å². The van der Waals surface area contributed by atoms with Crippen LogP contribution in [0.4, 0.5) is 0 Å². The fourth-order valence-electron chi connectivity index (χ4n) is 2.83. The maximum absolute atomic E-state index is 6.04. The van der Waals surface area contributed by atoms with Crippen molar-refractivity contribution in [1.82, 2.24) is 9.97 Å². The van der Waals surface area contributed by atoms with Gasteiger partial charge in [-0.15, -0.1) is 0 Å². The lowest BCUT2D eigenvalue weighted by molar-refractivity contribution is 0.270. The number of aryl methyl sites for hydroxylation is 2. The van der Waals surface area contributed by atoms with Gasteiger partial charge in [-0.3, -0.25) is 0 Å². The van der Waals surface area contributed by atoms with E-state index in [0.717, 1.165) is 25.2 Å². The van der Waals surface area contributed by atoms with E-state index in [9.17, 15) is 0 Å². The number of aromatic nitrogens is 2. The van der Waals surface area contributed by atoms with Gasteiger partial charge in [-0.05, 0) is 37.3 Å². The van der Waals surface area contributed by atoms with Crippen LogP contribution in [0.1, 0.15) is 42.6 Å². The molecule has 3 heteroatoms. The molecule has 0 saturated heterocycles. The first kappa shape index (κ1) is 12.3. The van der Waals surface area contributed by atoms with Crippen LogP contribution in [0.15, 0.2) is 30.6 Å². The van der Waals surface area contributed by atoms with Crippen LogP contribution in [-0.4, -0.2) is 16.6 Å². The Morgan fingerprint density at radius 3 is 3.16 bits per heavy atom. The minimum absolute atomic E-state index is 0.430. The van der Waals surface area contributed by atoms with Gasteiger partial charge in [-0.2, -0.15) is 0 Å². The number of ether oxygens (including phenoxy) is 1. The van der Waals surface area contributed by atoms with Crippen molar-refractivity contribution in [2.75, 3.05) is 6.61 Å². The molecular weight excluding hydrogens is 236 g/mol. The Balaban J connectivity index is 1.71. The average Bonchev–Trinajstić information content (AvgIpc) is 2.94. The predicted octanol–water partition coefficient (Wildman–Crippen LogP) is 3.47. The first-order valence-corrected chi connectivity index (χ1v) is 7.11. The number of benzene rings is 1. The number of para-hydroxylation sites is 1. The minimum Gasteiger partial charge on any atom is -0.493 e. The average molecular weight is 256 g/mol. The van der Waals surface area contributed by atoms with Gasteiger partial charge in [-0.25, -0.2) is 4.98 Å². The Morgan fingerprint density at radius 2 is 2.26 bits per heavy atom. The standard InChI is InChI=1S/C16H20N2O/c1-2-12-6-3-4-9-15(12)19-10-13-7-5-8-14-16(13)18-11-17-14/h3-4,6,9,11,13H,2,5,7-8,10H2,1H3,(H,17,18). The van der Waals surface area contributed by atoms with Gasteiger partial charge >= 0.3 is 0 Å². The third kappa shape index (κ3) is 2.50. The molecule has 1 aromatic carbocycles. The number of rotatable bonds is 4. The molecule has 1 aliphatic rings. The van der Waals surface area contributed by atoms with Crippen LogP contribution in [0.25, 0.3) is 0 Å². The summed E-state index contributed by atoms with van der Waals surface area (Å²) in [5.41, 5.74) is 3.78. The first-order valence-electron chi connectivity index (χ1n) is 7.11. The topological polar surface area (TPSA) is 37.9 Å². The third-order valence-corrected chi connectivity index (χ3v) is 3.91. The first-order chi connectivity index (χ1) is 9.38. The summed E-state index contributed by atoms with van der Waals surface area (Å²) in [4.78, 5) is 7.70. The monoisotopic (exact) mass is 256 g/mol. The molecule has 1 N–H and O–H groups in total. The van der Waals surface area contributed by atoms with Crippen molar-refractivity contribution in [3.63, 3.8) is 0 Å². The van der Waals surface area contributed by atoms with Crippen LogP contribution in [0.3, 0.4) is 0 Å². The van der Waals surface area contributed by atoms with Gasteiger partial charge in [-0.1, -0.05) is 25.1 Å². The van der Waals surface area contributed by atoms with Crippen molar-refractivity contribution in [3.05, 3.63) is 47.5 Å². The SMILES string of the molecule is CCc1ccccc1OCC1CCCc2[nH]cnc21. The second-order valence-corrected chi connectivity index (χ2v) is 5.13. The Labute approximate surface area is 114 Å². The Morgan fingerprint density at radius 1 is 1.37 bits per heavy atom. The summed E-state index contributed by atoms with van der Waals surface area (Å²) in [6.45, 7) is 2.89. The normalized spacial score (nSPS) is 18.1. The zero-order valence-corrected chi connectivity index (χ0v) is 11.4. The molecule has 3 nitrogen and oxygen atoms in total. The van der Waals surface area contributed by atoms with E-state index >= 15 is 0 Å². The smallest absolute Gasteiger partial charge is 0.122 e. The highest BCUT2D eigenvalue weighted by Gasteiger charge is 2.23. The number of nitrogens with zero attached hydrogens (tertiary/aromatic N) is 1. The van der Waals surface area contributed by atoms with E-state index in [4.69, 9.17) is 4.74 Å². The summed E-state index contributed by atoms with van der Waals surface area (Å²) < 4.78 is 6.04. The van der Waals surface area contributed by atoms with Crippen LogP contribution in [0, 0.1) is 0 Å². The molecule has 19 heavy (non-hydrogen) atoms. The maximum atomic E-state index is 6.04. The largest absolute Gasteiger partial charge is 0.493 e. The molecule has 0 radical (unpaired) electrons. The zero-order valence-electron chi connectivity index (χ0n) is 11.4. The van der Waals surface area contributed by atoms with Gasteiger partial charge in [0, 0.05) is 11.6 Å². The summed E-state index contributed by atoms with van der Waals surface area (Å²) in [6, 6.07) is 8.30. The molecule has 1 aromatic heterocycles. The number of aromatic amines is 1. The van der Waals surface area contributed by atoms with Gasteiger partial charge in [0.2, 0.25) is 0 Å². The number of imidazole rings is 1. The second-order valence-electron chi connectivity index (χ2n) is 5.13. The maximum Gasteiger partial charge on any atom is 0.122 e. The lowest BCUT2D eigenvalue weighted by atomic mass is 9.90. The van der Waals surface area contributed by atoms with E-state index in [0.29, 0.717) is 5.92 Å². The van der Waals surface area contributed by atoms with Gasteiger partial charge < -0.3 is 9.72 Å². The molecule has 0 amide bonds. The van der Waals surface area contributed by atoms with Crippen molar-refractivity contribution in [2.45, 2.75) is 38.5 Å². The van der Waals surface area contributed by atoms with Gasteiger partial charge in [0.1, 0.15) is 5.75 Å². The third-order valence-electron chi connectivity index (χ3n) is 3.91. The molecule has 0 saturated carbocycles. The summed E-state index contributed by atoms with van der Waals surface area (Å²) in [7, 11) is 0.